The third-order valence-electron chi connectivity index (χ3n) is 5.77. The Hall–Kier alpha value is -0.130. The van der Waals surface area contributed by atoms with Crippen LogP contribution >= 0.6 is 15.9 Å². The number of alkyl halides is 1. The predicted octanol–water partition coefficient (Wildman–Crippen LogP) is 8.20. The monoisotopic (exact) mass is 506 g/mol. The SMILES string of the molecule is CCCCCCCCOC(CCOC(=O)CCCCCBr)OCCCCCC(C)CC. The highest BCUT2D eigenvalue weighted by atomic mass is 79.9. The van der Waals surface area contributed by atoms with Gasteiger partial charge in [0.1, 0.15) is 0 Å². The Morgan fingerprint density at radius 1 is 0.742 bits per heavy atom. The first-order valence-corrected chi connectivity index (χ1v) is 14.2. The lowest BCUT2D eigenvalue weighted by Gasteiger charge is -2.19. The van der Waals surface area contributed by atoms with Crippen molar-refractivity contribution in [2.45, 2.75) is 130 Å². The van der Waals surface area contributed by atoms with Crippen molar-refractivity contribution in [2.75, 3.05) is 25.2 Å². The molecule has 0 saturated heterocycles. The molecule has 4 nitrogen and oxygen atoms in total. The van der Waals surface area contributed by atoms with Crippen molar-refractivity contribution >= 4 is 21.9 Å². The van der Waals surface area contributed by atoms with Gasteiger partial charge in [-0.3, -0.25) is 4.79 Å². The molecule has 0 aromatic rings. The Balaban J connectivity index is 4.02. The van der Waals surface area contributed by atoms with E-state index in [2.05, 4.69) is 36.7 Å². The summed E-state index contributed by atoms with van der Waals surface area (Å²) in [7, 11) is 0. The Kier molecular flexibility index (Phi) is 24.4. The minimum absolute atomic E-state index is 0.103. The van der Waals surface area contributed by atoms with E-state index >= 15 is 0 Å². The van der Waals surface area contributed by atoms with Crippen LogP contribution in [0.25, 0.3) is 0 Å². The number of carbonyl (C=O) groups is 1. The molecule has 0 amide bonds. The van der Waals surface area contributed by atoms with Crippen LogP contribution in [0.5, 0.6) is 0 Å². The maximum Gasteiger partial charge on any atom is 0.305 e. The average molecular weight is 508 g/mol. The maximum absolute atomic E-state index is 11.9. The fourth-order valence-electron chi connectivity index (χ4n) is 3.38. The van der Waals surface area contributed by atoms with Gasteiger partial charge in [-0.2, -0.15) is 0 Å². The highest BCUT2D eigenvalue weighted by Gasteiger charge is 2.12. The number of carbonyl (C=O) groups excluding carboxylic acids is 1. The lowest BCUT2D eigenvalue weighted by atomic mass is 10.0. The zero-order valence-electron chi connectivity index (χ0n) is 20.8. The number of halogens is 1. The van der Waals surface area contributed by atoms with Crippen molar-refractivity contribution in [3.63, 3.8) is 0 Å². The first-order chi connectivity index (χ1) is 15.1. The van der Waals surface area contributed by atoms with Crippen LogP contribution in [0.4, 0.5) is 0 Å². The average Bonchev–Trinajstić information content (AvgIpc) is 2.77. The quantitative estimate of drug-likeness (QED) is 0.0572. The third-order valence-corrected chi connectivity index (χ3v) is 6.34. The summed E-state index contributed by atoms with van der Waals surface area (Å²) < 4.78 is 17.4. The third kappa shape index (κ3) is 22.8. The van der Waals surface area contributed by atoms with Crippen LogP contribution in [0, 0.1) is 5.92 Å². The molecule has 2 unspecified atom stereocenters. The van der Waals surface area contributed by atoms with Crippen molar-refractivity contribution in [2.24, 2.45) is 5.92 Å². The molecule has 0 aromatic heterocycles. The van der Waals surface area contributed by atoms with Crippen LogP contribution in [0.2, 0.25) is 0 Å². The summed E-state index contributed by atoms with van der Waals surface area (Å²) in [6, 6.07) is 0. The van der Waals surface area contributed by atoms with E-state index in [0.29, 0.717) is 19.4 Å². The first kappa shape index (κ1) is 30.9. The summed E-state index contributed by atoms with van der Waals surface area (Å²) in [5.41, 5.74) is 0. The van der Waals surface area contributed by atoms with Crippen molar-refractivity contribution < 1.29 is 19.0 Å². The van der Waals surface area contributed by atoms with Gasteiger partial charge in [0.05, 0.1) is 6.61 Å². The summed E-state index contributed by atoms with van der Waals surface area (Å²) >= 11 is 3.42. The summed E-state index contributed by atoms with van der Waals surface area (Å²) in [4.78, 5) is 11.9. The van der Waals surface area contributed by atoms with Crippen molar-refractivity contribution in [1.82, 2.24) is 0 Å². The van der Waals surface area contributed by atoms with Crippen molar-refractivity contribution in [3.8, 4) is 0 Å². The topological polar surface area (TPSA) is 44.8 Å². The molecule has 0 aliphatic carbocycles. The van der Waals surface area contributed by atoms with E-state index in [1.165, 1.54) is 57.8 Å². The van der Waals surface area contributed by atoms with Gasteiger partial charge < -0.3 is 14.2 Å². The van der Waals surface area contributed by atoms with Gasteiger partial charge in [-0.1, -0.05) is 101 Å². The zero-order chi connectivity index (χ0) is 23.0. The van der Waals surface area contributed by atoms with Gasteiger partial charge in [0.15, 0.2) is 6.29 Å². The van der Waals surface area contributed by atoms with Gasteiger partial charge in [0.2, 0.25) is 0 Å². The maximum atomic E-state index is 11.9. The summed E-state index contributed by atoms with van der Waals surface area (Å²) in [5.74, 6) is 0.720. The van der Waals surface area contributed by atoms with E-state index in [9.17, 15) is 4.79 Å². The number of unbranched alkanes of at least 4 members (excludes halogenated alkanes) is 9. The van der Waals surface area contributed by atoms with E-state index in [1.807, 2.05) is 0 Å². The highest BCUT2D eigenvalue weighted by Crippen LogP contribution is 2.13. The van der Waals surface area contributed by atoms with Gasteiger partial charge in [0.25, 0.3) is 0 Å². The van der Waals surface area contributed by atoms with Gasteiger partial charge >= 0.3 is 5.97 Å². The van der Waals surface area contributed by atoms with Crippen LogP contribution in [0.3, 0.4) is 0 Å². The minimum atomic E-state index is -0.258. The Morgan fingerprint density at radius 3 is 2.00 bits per heavy atom. The molecular weight excluding hydrogens is 456 g/mol. The minimum Gasteiger partial charge on any atom is -0.465 e. The zero-order valence-corrected chi connectivity index (χ0v) is 22.4. The molecule has 0 fully saturated rings. The molecule has 0 aliphatic rings. The number of hydrogen-bond donors (Lipinski definition) is 0. The van der Waals surface area contributed by atoms with Crippen LogP contribution < -0.4 is 0 Å². The molecular formula is C26H51BrO4. The lowest BCUT2D eigenvalue weighted by molar-refractivity contribution is -0.161. The van der Waals surface area contributed by atoms with Crippen LogP contribution in [0.15, 0.2) is 0 Å². The summed E-state index contributed by atoms with van der Waals surface area (Å²) in [6.07, 6.45) is 17.5. The Labute approximate surface area is 201 Å². The van der Waals surface area contributed by atoms with E-state index in [4.69, 9.17) is 14.2 Å². The van der Waals surface area contributed by atoms with Gasteiger partial charge in [-0.15, -0.1) is 0 Å². The van der Waals surface area contributed by atoms with Crippen molar-refractivity contribution in [1.29, 1.82) is 0 Å². The van der Waals surface area contributed by atoms with E-state index in [0.717, 1.165) is 56.6 Å². The van der Waals surface area contributed by atoms with Crippen LogP contribution in [-0.4, -0.2) is 37.4 Å². The van der Waals surface area contributed by atoms with Gasteiger partial charge in [0, 0.05) is 31.4 Å². The summed E-state index contributed by atoms with van der Waals surface area (Å²) in [6.45, 7) is 8.66. The molecule has 0 radical (unpaired) electrons. The molecule has 0 aliphatic heterocycles. The predicted molar refractivity (Wildman–Crippen MR) is 135 cm³/mol. The second kappa shape index (κ2) is 24.5. The fourth-order valence-corrected chi connectivity index (χ4v) is 3.78. The number of esters is 1. The molecule has 31 heavy (non-hydrogen) atoms. The van der Waals surface area contributed by atoms with E-state index in [1.54, 1.807) is 0 Å². The molecule has 0 heterocycles. The van der Waals surface area contributed by atoms with Crippen molar-refractivity contribution in [3.05, 3.63) is 0 Å². The Morgan fingerprint density at radius 2 is 1.35 bits per heavy atom. The molecule has 5 heteroatoms. The van der Waals surface area contributed by atoms with E-state index in [-0.39, 0.29) is 12.3 Å². The molecule has 0 rings (SSSR count). The second-order valence-corrected chi connectivity index (χ2v) is 9.60. The Bertz CT molecular complexity index is 378. The standard InChI is InChI=1S/C26H51BrO4/c1-4-6-7-8-9-15-21-30-26(31-22-16-11-12-17-24(3)5-2)19-23-29-25(28)18-13-10-14-20-27/h24,26H,4-23H2,1-3H3. The molecule has 0 bridgehead atoms. The van der Waals surface area contributed by atoms with Crippen LogP contribution in [0.1, 0.15) is 124 Å². The van der Waals surface area contributed by atoms with Gasteiger partial charge in [-0.25, -0.2) is 0 Å². The molecule has 2 atom stereocenters. The van der Waals surface area contributed by atoms with Gasteiger partial charge in [-0.05, 0) is 31.6 Å². The largest absolute Gasteiger partial charge is 0.465 e. The number of rotatable bonds is 24. The highest BCUT2D eigenvalue weighted by molar-refractivity contribution is 9.09. The number of hydrogen-bond acceptors (Lipinski definition) is 4. The molecule has 0 saturated carbocycles. The lowest BCUT2D eigenvalue weighted by Crippen LogP contribution is -2.22. The summed E-state index contributed by atoms with van der Waals surface area (Å²) in [5, 5.41) is 0.995. The first-order valence-electron chi connectivity index (χ1n) is 13.1. The molecule has 186 valence electrons. The molecule has 0 aromatic carbocycles. The van der Waals surface area contributed by atoms with E-state index < -0.39 is 0 Å². The number of ether oxygens (including phenoxy) is 3. The second-order valence-electron chi connectivity index (χ2n) is 8.81. The smallest absolute Gasteiger partial charge is 0.305 e. The van der Waals surface area contributed by atoms with Crippen LogP contribution in [-0.2, 0) is 19.0 Å². The normalized spacial score (nSPS) is 13.3. The fraction of sp³-hybridized carbons (Fsp3) is 0.962. The molecule has 0 N–H and O–H groups in total. The molecule has 0 spiro atoms.